The third-order valence-corrected chi connectivity index (χ3v) is 14.3. The Balaban J connectivity index is 0.00000817. The summed E-state index contributed by atoms with van der Waals surface area (Å²) in [5.41, 5.74) is 10.1. The molecule has 5 atom stereocenters. The number of aliphatic hydroxyl groups is 1. The average Bonchev–Trinajstić information content (AvgIpc) is 4.02. The molecule has 3 aromatic heterocycles. The second kappa shape index (κ2) is 23.5. The van der Waals surface area contributed by atoms with Crippen molar-refractivity contribution in [3.63, 3.8) is 0 Å². The quantitative estimate of drug-likeness (QED) is 0.0478. The number of ketones is 1. The normalized spacial score (nSPS) is 21.5. The average molecular weight is 910 g/mol. The van der Waals surface area contributed by atoms with Crippen molar-refractivity contribution in [2.24, 2.45) is 35.5 Å². The van der Waals surface area contributed by atoms with Crippen LogP contribution in [-0.4, -0.2) is 59.6 Å². The molecule has 0 amide bonds. The maximum atomic E-state index is 14.4. The van der Waals surface area contributed by atoms with Gasteiger partial charge in [-0.2, -0.15) is 11.4 Å². The van der Waals surface area contributed by atoms with Crippen molar-refractivity contribution < 1.29 is 29.0 Å². The molecule has 1 saturated heterocycles. The molecule has 8 bridgehead atoms. The minimum absolute atomic E-state index is 0. The van der Waals surface area contributed by atoms with Gasteiger partial charge < -0.3 is 34.8 Å². The monoisotopic (exact) mass is 909 g/mol. The van der Waals surface area contributed by atoms with Crippen molar-refractivity contribution in [2.45, 2.75) is 146 Å². The second-order valence-corrected chi connectivity index (χ2v) is 19.4. The molecule has 1 N–H and O–H groups in total. The van der Waals surface area contributed by atoms with Crippen LogP contribution in [0, 0.1) is 56.3 Å². The second-order valence-electron chi connectivity index (χ2n) is 19.4. The third kappa shape index (κ3) is 11.6. The molecule has 10 nitrogen and oxygen atoms in total. The number of ether oxygens (including phenoxy) is 2. The fourth-order valence-corrected chi connectivity index (χ4v) is 10.2. The zero-order valence-electron chi connectivity index (χ0n) is 41.4. The zero-order chi connectivity index (χ0) is 47.1. The van der Waals surface area contributed by atoms with Gasteiger partial charge in [0.15, 0.2) is 5.78 Å². The Morgan fingerprint density at radius 2 is 1.48 bits per heavy atom. The molecule has 352 valence electrons. The molecule has 1 fully saturated rings. The van der Waals surface area contributed by atoms with Gasteiger partial charge in [0.05, 0.1) is 20.0 Å². The predicted molar refractivity (Wildman–Crippen MR) is 266 cm³/mol. The van der Waals surface area contributed by atoms with Crippen LogP contribution >= 0.6 is 0 Å². The first-order valence-electron chi connectivity index (χ1n) is 24.2. The molecule has 3 aromatic rings. The van der Waals surface area contributed by atoms with Gasteiger partial charge in [-0.1, -0.05) is 145 Å². The standard InChI is InChI=1S/C55H73N4O6.Mg/c1-12-39-34(7)42-27-44-36(9)41(23-24-48(61)65-26-25-38(30-60)22-16-21-33(6)20-15-19-32(5)18-14-17-31(3)4)52(58-44)50-51(55(63)64-11)54(62)49-37(10)45(59-53(49)50)29-47-40(13-2)35(8)43(57-47)28-46(39)56-42;/h12,27-33,36,41,51H,1,13-26H2,2-11H3,(H2-,58,59,60,62);/q-3;+2/p-1/b38-30+,43-28-,44-27-,47-29-;/t32-,33-,36+,41+,51-;/m1./s1. The van der Waals surface area contributed by atoms with Gasteiger partial charge in [0.25, 0.3) is 0 Å². The molecule has 2 aliphatic heterocycles. The van der Waals surface area contributed by atoms with Gasteiger partial charge in [-0.25, -0.2) is 0 Å². The summed E-state index contributed by atoms with van der Waals surface area (Å²) in [5.74, 6) is -1.03. The van der Waals surface area contributed by atoms with Crippen LogP contribution in [0.1, 0.15) is 180 Å². The van der Waals surface area contributed by atoms with Gasteiger partial charge >= 0.3 is 35.0 Å². The van der Waals surface area contributed by atoms with Crippen molar-refractivity contribution >= 4 is 70.7 Å². The zero-order valence-corrected chi connectivity index (χ0v) is 42.9. The molecule has 0 radical (unpaired) electrons. The summed E-state index contributed by atoms with van der Waals surface area (Å²) >= 11 is 0. The number of esters is 2. The van der Waals surface area contributed by atoms with Crippen LogP contribution in [0.4, 0.5) is 0 Å². The molecule has 11 heteroatoms. The smallest absolute Gasteiger partial charge is 0.664 e. The van der Waals surface area contributed by atoms with Crippen molar-refractivity contribution in [1.29, 1.82) is 0 Å². The summed E-state index contributed by atoms with van der Waals surface area (Å²) < 4.78 is 11.0. The molecule has 3 aliphatic rings. The molecule has 1 aliphatic carbocycles. The molecule has 0 unspecified atom stereocenters. The largest absolute Gasteiger partial charge is 2.00 e. The number of aromatic nitrogens is 3. The fourth-order valence-electron chi connectivity index (χ4n) is 10.2. The van der Waals surface area contributed by atoms with E-state index < -0.39 is 11.9 Å². The van der Waals surface area contributed by atoms with Crippen LogP contribution in [0.25, 0.3) is 35.2 Å². The summed E-state index contributed by atoms with van der Waals surface area (Å²) in [6.07, 6.45) is 21.1. The Bertz CT molecular complexity index is 2480. The number of hydrogen-bond acceptors (Lipinski definition) is 6. The first-order valence-corrected chi connectivity index (χ1v) is 24.2. The van der Waals surface area contributed by atoms with Gasteiger partial charge in [-0.3, -0.25) is 14.4 Å². The first-order chi connectivity index (χ1) is 31.1. The van der Waals surface area contributed by atoms with Crippen molar-refractivity contribution in [1.82, 2.24) is 15.0 Å². The van der Waals surface area contributed by atoms with Gasteiger partial charge in [-0.15, -0.1) is 33.5 Å². The Kier molecular flexibility index (Phi) is 18.7. The fraction of sp³-hybridized carbons (Fsp3) is 0.545. The number of carbonyl (C=O) groups is 3. The van der Waals surface area contributed by atoms with Crippen LogP contribution in [0.3, 0.4) is 0 Å². The van der Waals surface area contributed by atoms with Crippen molar-refractivity contribution in [3.05, 3.63) is 102 Å². The van der Waals surface area contributed by atoms with Crippen molar-refractivity contribution in [2.75, 3.05) is 13.7 Å². The number of allylic oxidation sites excluding steroid dienone is 2. The van der Waals surface area contributed by atoms with Crippen molar-refractivity contribution in [3.8, 4) is 0 Å². The van der Waals surface area contributed by atoms with E-state index in [1.54, 1.807) is 0 Å². The Morgan fingerprint density at radius 3 is 2.12 bits per heavy atom. The number of carbonyl (C=O) groups excluding carboxylic acids is 3. The van der Waals surface area contributed by atoms with Gasteiger partial charge in [-0.05, 0) is 87.2 Å². The molecule has 0 saturated carbocycles. The SMILES string of the molecule is C=Cc1c2[n-]c(c1C)/C=C1\[N-]/C(=C3\c4[n-]c(c(C)c4C(=O)[C@@H]3C(=O)OC)/C=c3\[n-]/c(c(C)c3CC)=C\2)[C@@H](CCC(=O)OCC/C(=C/O)CCC[C@H](C)CCC[C@H](C)CCCC(C)C)[C@@H]1C.[Mg+2]. The summed E-state index contributed by atoms with van der Waals surface area (Å²) in [5, 5.41) is 16.8. The minimum atomic E-state index is -1.24. The van der Waals surface area contributed by atoms with E-state index in [9.17, 15) is 19.5 Å². The van der Waals surface area contributed by atoms with Gasteiger partial charge in [0.1, 0.15) is 5.92 Å². The van der Waals surface area contributed by atoms with Crippen LogP contribution < -0.4 is 25.7 Å². The van der Waals surface area contributed by atoms with Crippen LogP contribution in [-0.2, 0) is 25.5 Å². The summed E-state index contributed by atoms with van der Waals surface area (Å²) in [6.45, 7) is 23.7. The predicted octanol–water partition coefficient (Wildman–Crippen LogP) is 10.3. The Hall–Kier alpha value is -4.48. The van der Waals surface area contributed by atoms with E-state index in [2.05, 4.69) is 55.0 Å². The van der Waals surface area contributed by atoms with E-state index >= 15 is 0 Å². The van der Waals surface area contributed by atoms with Crippen LogP contribution in [0.5, 0.6) is 0 Å². The molecule has 6 rings (SSSR count). The molecular weight excluding hydrogens is 837 g/mol. The number of aliphatic hydroxyl groups excluding tert-OH is 1. The maximum absolute atomic E-state index is 14.4. The van der Waals surface area contributed by atoms with E-state index in [1.807, 2.05) is 38.2 Å². The van der Waals surface area contributed by atoms with E-state index in [1.165, 1.54) is 51.9 Å². The molecule has 0 spiro atoms. The minimum Gasteiger partial charge on any atom is -0.664 e. The van der Waals surface area contributed by atoms with Crippen LogP contribution in [0.15, 0.2) is 29.8 Å². The van der Waals surface area contributed by atoms with E-state index in [4.69, 9.17) is 29.7 Å². The number of nitrogens with zero attached hydrogens (tertiary/aromatic N) is 4. The van der Waals surface area contributed by atoms with E-state index in [-0.39, 0.29) is 59.7 Å². The number of rotatable bonds is 21. The summed E-state index contributed by atoms with van der Waals surface area (Å²) in [7, 11) is 1.28. The summed E-state index contributed by atoms with van der Waals surface area (Å²) in [6, 6.07) is 0. The van der Waals surface area contributed by atoms with Gasteiger partial charge in [0.2, 0.25) is 0 Å². The molecule has 0 aromatic carbocycles. The van der Waals surface area contributed by atoms with E-state index in [0.717, 1.165) is 93.1 Å². The van der Waals surface area contributed by atoms with E-state index in [0.29, 0.717) is 52.5 Å². The molecule has 66 heavy (non-hydrogen) atoms. The van der Waals surface area contributed by atoms with Gasteiger partial charge in [0, 0.05) is 18.4 Å². The molecule has 5 heterocycles. The maximum Gasteiger partial charge on any atom is 2.00 e. The van der Waals surface area contributed by atoms with Crippen LogP contribution in [0.2, 0.25) is 0 Å². The first kappa shape index (κ1) is 52.5. The number of methoxy groups -OCH3 is 1. The Morgan fingerprint density at radius 1 is 0.833 bits per heavy atom. The number of fused-ring (bicyclic) bond motifs is 7. The third-order valence-electron chi connectivity index (χ3n) is 14.3. The molecular formula is C55H72MgN4O6-2. The number of hydrogen-bond donors (Lipinski definition) is 1. The topological polar surface area (TPSA) is 146 Å². The summed E-state index contributed by atoms with van der Waals surface area (Å²) in [4.78, 5) is 56.6. The Labute approximate surface area is 409 Å². The number of Topliss-reactive ketones (excluding diaryl/α,β-unsaturated/α-hetero) is 1.